The molecule has 7 heteroatoms. The number of esters is 1. The SMILES string of the molecule is CCCCOC(=O)c1ccc(NC(=O)c2c(O)c3ccccc3n(CCC)c2=O)cc1. The summed E-state index contributed by atoms with van der Waals surface area (Å²) >= 11 is 0. The highest BCUT2D eigenvalue weighted by molar-refractivity contribution is 6.09. The highest BCUT2D eigenvalue weighted by Gasteiger charge is 2.22. The van der Waals surface area contributed by atoms with Crippen LogP contribution >= 0.6 is 0 Å². The van der Waals surface area contributed by atoms with E-state index in [1.165, 1.54) is 4.57 Å². The van der Waals surface area contributed by atoms with Gasteiger partial charge in [-0.15, -0.1) is 0 Å². The van der Waals surface area contributed by atoms with Crippen molar-refractivity contribution < 1.29 is 19.4 Å². The van der Waals surface area contributed by atoms with Gasteiger partial charge in [-0.05, 0) is 49.2 Å². The summed E-state index contributed by atoms with van der Waals surface area (Å²) < 4.78 is 6.66. The smallest absolute Gasteiger partial charge is 0.338 e. The van der Waals surface area contributed by atoms with Crippen LogP contribution in [0.4, 0.5) is 5.69 Å². The molecule has 1 heterocycles. The van der Waals surface area contributed by atoms with Gasteiger partial charge in [0.25, 0.3) is 11.5 Å². The maximum absolute atomic E-state index is 13.0. The van der Waals surface area contributed by atoms with Crippen molar-refractivity contribution in [3.05, 3.63) is 70.0 Å². The fourth-order valence-corrected chi connectivity index (χ4v) is 3.32. The number of benzene rings is 2. The normalized spacial score (nSPS) is 10.8. The summed E-state index contributed by atoms with van der Waals surface area (Å²) in [6.45, 7) is 4.73. The van der Waals surface area contributed by atoms with Gasteiger partial charge in [0, 0.05) is 17.6 Å². The molecule has 0 spiro atoms. The second kappa shape index (κ2) is 9.93. The Balaban J connectivity index is 1.87. The summed E-state index contributed by atoms with van der Waals surface area (Å²) in [5, 5.41) is 13.7. The number of nitrogens with zero attached hydrogens (tertiary/aromatic N) is 1. The van der Waals surface area contributed by atoms with E-state index < -0.39 is 17.4 Å². The fraction of sp³-hybridized carbons (Fsp3) is 0.292. The minimum absolute atomic E-state index is 0.310. The first kappa shape index (κ1) is 22.1. The van der Waals surface area contributed by atoms with Gasteiger partial charge in [-0.2, -0.15) is 0 Å². The third kappa shape index (κ3) is 4.77. The first-order valence-corrected chi connectivity index (χ1v) is 10.4. The highest BCUT2D eigenvalue weighted by Crippen LogP contribution is 2.27. The van der Waals surface area contributed by atoms with Gasteiger partial charge in [0.2, 0.25) is 0 Å². The van der Waals surface area contributed by atoms with E-state index in [-0.39, 0.29) is 11.3 Å². The number of aromatic hydroxyl groups is 1. The minimum Gasteiger partial charge on any atom is -0.506 e. The van der Waals surface area contributed by atoms with Crippen molar-refractivity contribution in [2.24, 2.45) is 0 Å². The number of carbonyl (C=O) groups is 2. The van der Waals surface area contributed by atoms with Gasteiger partial charge in [0.05, 0.1) is 17.7 Å². The van der Waals surface area contributed by atoms with Gasteiger partial charge >= 0.3 is 5.97 Å². The molecule has 2 aromatic carbocycles. The molecule has 0 aliphatic heterocycles. The van der Waals surface area contributed by atoms with E-state index in [1.807, 2.05) is 13.8 Å². The zero-order chi connectivity index (χ0) is 22.4. The van der Waals surface area contributed by atoms with Crippen molar-refractivity contribution in [1.82, 2.24) is 4.57 Å². The van der Waals surface area contributed by atoms with Crippen LogP contribution in [-0.2, 0) is 11.3 Å². The van der Waals surface area contributed by atoms with Crippen molar-refractivity contribution in [2.45, 2.75) is 39.7 Å². The number of rotatable bonds is 8. The number of hydrogen-bond donors (Lipinski definition) is 2. The van der Waals surface area contributed by atoms with E-state index >= 15 is 0 Å². The lowest BCUT2D eigenvalue weighted by atomic mass is 10.1. The van der Waals surface area contributed by atoms with Gasteiger partial charge in [-0.25, -0.2) is 4.79 Å². The van der Waals surface area contributed by atoms with Crippen molar-refractivity contribution in [1.29, 1.82) is 0 Å². The van der Waals surface area contributed by atoms with Gasteiger partial charge < -0.3 is 19.7 Å². The van der Waals surface area contributed by atoms with Crippen molar-refractivity contribution in [3.8, 4) is 5.75 Å². The van der Waals surface area contributed by atoms with Gasteiger partial charge in [0.15, 0.2) is 0 Å². The molecule has 0 unspecified atom stereocenters. The lowest BCUT2D eigenvalue weighted by molar-refractivity contribution is 0.0499. The number of pyridine rings is 1. The Morgan fingerprint density at radius 3 is 2.42 bits per heavy atom. The molecule has 7 nitrogen and oxygen atoms in total. The Hall–Kier alpha value is -3.61. The molecular formula is C24H26N2O5. The zero-order valence-corrected chi connectivity index (χ0v) is 17.7. The molecule has 0 atom stereocenters. The number of amides is 1. The molecule has 3 aromatic rings. The van der Waals surface area contributed by atoms with Crippen LogP contribution in [0.5, 0.6) is 5.75 Å². The molecule has 3 rings (SSSR count). The largest absolute Gasteiger partial charge is 0.506 e. The maximum atomic E-state index is 13.0. The first-order valence-electron chi connectivity index (χ1n) is 10.4. The van der Waals surface area contributed by atoms with E-state index in [0.717, 1.165) is 12.8 Å². The van der Waals surface area contributed by atoms with Crippen LogP contribution < -0.4 is 10.9 Å². The Morgan fingerprint density at radius 2 is 1.74 bits per heavy atom. The molecule has 31 heavy (non-hydrogen) atoms. The molecule has 0 saturated carbocycles. The van der Waals surface area contributed by atoms with Crippen molar-refractivity contribution in [3.63, 3.8) is 0 Å². The summed E-state index contributed by atoms with van der Waals surface area (Å²) in [4.78, 5) is 37.8. The van der Waals surface area contributed by atoms with Gasteiger partial charge in [-0.3, -0.25) is 9.59 Å². The van der Waals surface area contributed by atoms with Crippen LogP contribution in [0.25, 0.3) is 10.9 Å². The monoisotopic (exact) mass is 422 g/mol. The third-order valence-corrected chi connectivity index (χ3v) is 4.93. The average molecular weight is 422 g/mol. The summed E-state index contributed by atoms with van der Waals surface area (Å²) in [7, 11) is 0. The standard InChI is InChI=1S/C24H26N2O5/c1-3-5-15-31-24(30)16-10-12-17(13-11-16)25-22(28)20-21(27)18-8-6-7-9-19(18)26(14-4-2)23(20)29/h6-13,27H,3-5,14-15H2,1-2H3,(H,25,28). The first-order chi connectivity index (χ1) is 15.0. The number of aromatic nitrogens is 1. The van der Waals surface area contributed by atoms with Gasteiger partial charge in [-0.1, -0.05) is 32.4 Å². The number of fused-ring (bicyclic) bond motifs is 1. The highest BCUT2D eigenvalue weighted by atomic mass is 16.5. The molecule has 2 N–H and O–H groups in total. The molecular weight excluding hydrogens is 396 g/mol. The summed E-state index contributed by atoms with van der Waals surface area (Å²) in [6, 6.07) is 13.1. The van der Waals surface area contributed by atoms with Crippen molar-refractivity contribution in [2.75, 3.05) is 11.9 Å². The number of hydrogen-bond acceptors (Lipinski definition) is 5. The quantitative estimate of drug-likeness (QED) is 0.416. The van der Waals surface area contributed by atoms with Crippen LogP contribution in [0, 0.1) is 0 Å². The van der Waals surface area contributed by atoms with E-state index in [1.54, 1.807) is 48.5 Å². The molecule has 0 fully saturated rings. The molecule has 1 amide bonds. The van der Waals surface area contributed by atoms with E-state index in [4.69, 9.17) is 4.74 Å². The van der Waals surface area contributed by atoms with Crippen LogP contribution in [-0.4, -0.2) is 28.2 Å². The predicted molar refractivity (Wildman–Crippen MR) is 120 cm³/mol. The molecule has 0 aliphatic rings. The van der Waals surface area contributed by atoms with E-state index in [2.05, 4.69) is 5.32 Å². The number of aryl methyl sites for hydroxylation is 1. The van der Waals surface area contributed by atoms with Crippen LogP contribution in [0.2, 0.25) is 0 Å². The lowest BCUT2D eigenvalue weighted by Crippen LogP contribution is -2.29. The molecule has 1 aromatic heterocycles. The van der Waals surface area contributed by atoms with E-state index in [0.29, 0.717) is 41.7 Å². The Kier molecular flexibility index (Phi) is 7.07. The number of carbonyl (C=O) groups excluding carboxylic acids is 2. The lowest BCUT2D eigenvalue weighted by Gasteiger charge is -2.14. The second-order valence-corrected chi connectivity index (χ2v) is 7.22. The number of ether oxygens (including phenoxy) is 1. The number of anilines is 1. The molecule has 0 saturated heterocycles. The van der Waals surface area contributed by atoms with Crippen LogP contribution in [0.15, 0.2) is 53.3 Å². The van der Waals surface area contributed by atoms with Crippen LogP contribution in [0.3, 0.4) is 0 Å². The minimum atomic E-state index is -0.712. The van der Waals surface area contributed by atoms with Crippen LogP contribution in [0.1, 0.15) is 53.8 Å². The number of para-hydroxylation sites is 1. The maximum Gasteiger partial charge on any atom is 0.338 e. The van der Waals surface area contributed by atoms with Crippen molar-refractivity contribution >= 4 is 28.5 Å². The second-order valence-electron chi connectivity index (χ2n) is 7.22. The molecule has 0 aliphatic carbocycles. The number of nitrogens with one attached hydrogen (secondary N) is 1. The third-order valence-electron chi connectivity index (χ3n) is 4.93. The molecule has 0 bridgehead atoms. The Bertz CT molecular complexity index is 1150. The van der Waals surface area contributed by atoms with E-state index in [9.17, 15) is 19.5 Å². The predicted octanol–water partition coefficient (Wildman–Crippen LogP) is 4.33. The summed E-state index contributed by atoms with van der Waals surface area (Å²) in [5.74, 6) is -1.49. The topological polar surface area (TPSA) is 97.6 Å². The Morgan fingerprint density at radius 1 is 1.03 bits per heavy atom. The molecule has 162 valence electrons. The average Bonchev–Trinajstić information content (AvgIpc) is 2.77. The fourth-order valence-electron chi connectivity index (χ4n) is 3.32. The van der Waals surface area contributed by atoms with Gasteiger partial charge in [0.1, 0.15) is 11.3 Å². The Labute approximate surface area is 180 Å². The summed E-state index contributed by atoms with van der Waals surface area (Å²) in [6.07, 6.45) is 2.43. The number of unbranched alkanes of at least 4 members (excludes halogenated alkanes) is 1. The summed E-state index contributed by atoms with van der Waals surface area (Å²) in [5.41, 5.74) is 0.480. The zero-order valence-electron chi connectivity index (χ0n) is 17.7. The molecule has 0 radical (unpaired) electrons.